The number of nitrogen functional groups attached to an aromatic ring is 1. The molecule has 2 N–H and O–H groups in total. The molecular formula is C20H20N4. The lowest BCUT2D eigenvalue weighted by molar-refractivity contribution is 0.652. The Morgan fingerprint density at radius 2 is 1.88 bits per heavy atom. The van der Waals surface area contributed by atoms with E-state index in [1.807, 2.05) is 42.7 Å². The van der Waals surface area contributed by atoms with E-state index in [-0.39, 0.29) is 0 Å². The molecule has 4 heteroatoms. The summed E-state index contributed by atoms with van der Waals surface area (Å²) in [4.78, 5) is 4.42. The summed E-state index contributed by atoms with van der Waals surface area (Å²) in [6, 6.07) is 18.6. The molecule has 1 aromatic heterocycles. The number of aromatic nitrogens is 2. The number of nitrogens with zero attached hydrogens (tertiary/aromatic N) is 3. The van der Waals surface area contributed by atoms with Gasteiger partial charge < -0.3 is 5.73 Å². The second-order valence-corrected chi connectivity index (χ2v) is 6.16. The molecule has 1 aliphatic rings. The van der Waals surface area contributed by atoms with Crippen LogP contribution in [0.4, 0.5) is 5.95 Å². The summed E-state index contributed by atoms with van der Waals surface area (Å²) in [5.74, 6) is 0.756. The van der Waals surface area contributed by atoms with Crippen LogP contribution in [0, 0.1) is 0 Å². The maximum atomic E-state index is 6.03. The molecule has 1 unspecified atom stereocenters. The van der Waals surface area contributed by atoms with Crippen molar-refractivity contribution in [2.75, 3.05) is 5.73 Å². The minimum Gasteiger partial charge on any atom is -0.368 e. The van der Waals surface area contributed by atoms with Crippen LogP contribution >= 0.6 is 0 Å². The van der Waals surface area contributed by atoms with E-state index in [4.69, 9.17) is 5.73 Å². The number of hydrogen-bond donors (Lipinski definition) is 1. The molecule has 0 bridgehead atoms. The van der Waals surface area contributed by atoms with Crippen LogP contribution in [0.3, 0.4) is 0 Å². The zero-order chi connectivity index (χ0) is 16.4. The lowest BCUT2D eigenvalue weighted by Gasteiger charge is -2.22. The molecule has 0 aliphatic heterocycles. The molecule has 0 saturated heterocycles. The normalized spacial score (nSPS) is 17.1. The lowest BCUT2D eigenvalue weighted by Crippen LogP contribution is -2.11. The molecule has 3 aromatic rings. The first-order chi connectivity index (χ1) is 11.8. The number of nitrogens with two attached hydrogens (primary N) is 1. The van der Waals surface area contributed by atoms with E-state index >= 15 is 0 Å². The second-order valence-electron chi connectivity index (χ2n) is 6.16. The summed E-state index contributed by atoms with van der Waals surface area (Å²) < 4.78 is 1.67. The quantitative estimate of drug-likeness (QED) is 0.740. The molecule has 0 radical (unpaired) electrons. The number of hydrogen-bond acceptors (Lipinski definition) is 3. The Morgan fingerprint density at radius 3 is 2.75 bits per heavy atom. The zero-order valence-electron chi connectivity index (χ0n) is 13.5. The van der Waals surface area contributed by atoms with Gasteiger partial charge in [-0.2, -0.15) is 5.10 Å². The summed E-state index contributed by atoms with van der Waals surface area (Å²) in [5, 5.41) is 4.58. The highest BCUT2D eigenvalue weighted by molar-refractivity contribution is 5.70. The Balaban J connectivity index is 1.60. The van der Waals surface area contributed by atoms with Crippen LogP contribution in [0.15, 0.2) is 65.9 Å². The van der Waals surface area contributed by atoms with Gasteiger partial charge in [0.05, 0.1) is 11.9 Å². The fraction of sp³-hybridized carbons (Fsp3) is 0.200. The van der Waals surface area contributed by atoms with Crippen molar-refractivity contribution < 1.29 is 0 Å². The van der Waals surface area contributed by atoms with Gasteiger partial charge >= 0.3 is 0 Å². The molecule has 0 fully saturated rings. The number of anilines is 1. The first kappa shape index (κ1) is 14.7. The van der Waals surface area contributed by atoms with Gasteiger partial charge in [0.1, 0.15) is 0 Å². The van der Waals surface area contributed by atoms with Crippen LogP contribution in [-0.4, -0.2) is 15.9 Å². The van der Waals surface area contributed by atoms with Gasteiger partial charge in [-0.15, -0.1) is 0 Å². The summed E-state index contributed by atoms with van der Waals surface area (Å²) in [6.07, 6.45) is 7.37. The molecule has 4 rings (SSSR count). The van der Waals surface area contributed by atoms with Crippen molar-refractivity contribution in [2.45, 2.75) is 25.2 Å². The van der Waals surface area contributed by atoms with Gasteiger partial charge in [0.2, 0.25) is 5.95 Å². The molecule has 0 amide bonds. The molecular weight excluding hydrogens is 296 g/mol. The summed E-state index contributed by atoms with van der Waals surface area (Å²) in [5.41, 5.74) is 10.7. The predicted molar refractivity (Wildman–Crippen MR) is 98.1 cm³/mol. The Bertz CT molecular complexity index is 864. The predicted octanol–water partition coefficient (Wildman–Crippen LogP) is 4.09. The Hall–Kier alpha value is -2.88. The smallest absolute Gasteiger partial charge is 0.221 e. The highest BCUT2D eigenvalue weighted by atomic mass is 15.4. The fourth-order valence-corrected chi connectivity index (χ4v) is 3.32. The van der Waals surface area contributed by atoms with Crippen LogP contribution in [0.2, 0.25) is 0 Å². The minimum absolute atomic E-state index is 0.344. The minimum atomic E-state index is 0.344. The molecule has 4 nitrogen and oxygen atoms in total. The number of rotatable bonds is 3. The number of aryl methyl sites for hydroxylation is 1. The van der Waals surface area contributed by atoms with E-state index in [2.05, 4.69) is 34.4 Å². The van der Waals surface area contributed by atoms with Crippen molar-refractivity contribution in [1.29, 1.82) is 0 Å². The van der Waals surface area contributed by atoms with Gasteiger partial charge in [-0.25, -0.2) is 9.66 Å². The van der Waals surface area contributed by atoms with Crippen molar-refractivity contribution in [1.82, 2.24) is 9.66 Å². The van der Waals surface area contributed by atoms with E-state index in [1.165, 1.54) is 17.5 Å². The molecule has 120 valence electrons. The van der Waals surface area contributed by atoms with Gasteiger partial charge in [-0.3, -0.25) is 0 Å². The SMILES string of the molecule is Nc1nc(-c2ccccc2)cn1/N=C/C1CCCc2ccccc21. The van der Waals surface area contributed by atoms with Crippen LogP contribution in [0.25, 0.3) is 11.3 Å². The molecule has 1 atom stereocenters. The van der Waals surface area contributed by atoms with Gasteiger partial charge in [-0.05, 0) is 30.4 Å². The average molecular weight is 316 g/mol. The summed E-state index contributed by atoms with van der Waals surface area (Å²) in [7, 11) is 0. The largest absolute Gasteiger partial charge is 0.368 e. The van der Waals surface area contributed by atoms with E-state index in [1.54, 1.807) is 4.68 Å². The molecule has 0 spiro atoms. The molecule has 1 heterocycles. The lowest BCUT2D eigenvalue weighted by atomic mass is 9.84. The standard InChI is InChI=1S/C20H20N4/c21-20-23-19(16-8-2-1-3-9-16)14-24(20)22-13-17-11-6-10-15-7-4-5-12-18(15)17/h1-5,7-9,12-14,17H,6,10-11H2,(H2,21,23)/b22-13+. The molecule has 2 aromatic carbocycles. The molecule has 0 saturated carbocycles. The van der Waals surface area contributed by atoms with Crippen molar-refractivity contribution in [2.24, 2.45) is 5.10 Å². The number of imidazole rings is 1. The molecule has 24 heavy (non-hydrogen) atoms. The third-order valence-electron chi connectivity index (χ3n) is 4.57. The van der Waals surface area contributed by atoms with Gasteiger partial charge in [0.25, 0.3) is 0 Å². The van der Waals surface area contributed by atoms with Crippen LogP contribution < -0.4 is 5.73 Å². The topological polar surface area (TPSA) is 56.2 Å². The third-order valence-corrected chi connectivity index (χ3v) is 4.57. The zero-order valence-corrected chi connectivity index (χ0v) is 13.5. The molecule has 1 aliphatic carbocycles. The summed E-state index contributed by atoms with van der Waals surface area (Å²) in [6.45, 7) is 0. The maximum Gasteiger partial charge on any atom is 0.221 e. The maximum absolute atomic E-state index is 6.03. The number of fused-ring (bicyclic) bond motifs is 1. The van der Waals surface area contributed by atoms with E-state index in [9.17, 15) is 0 Å². The second kappa shape index (κ2) is 6.32. The van der Waals surface area contributed by atoms with E-state index in [0.717, 1.165) is 24.1 Å². The van der Waals surface area contributed by atoms with Crippen molar-refractivity contribution in [3.05, 3.63) is 71.9 Å². The fourth-order valence-electron chi connectivity index (χ4n) is 3.32. The highest BCUT2D eigenvalue weighted by Gasteiger charge is 2.18. The van der Waals surface area contributed by atoms with Crippen LogP contribution in [0.5, 0.6) is 0 Å². The van der Waals surface area contributed by atoms with E-state index in [0.29, 0.717) is 11.9 Å². The third kappa shape index (κ3) is 2.83. The van der Waals surface area contributed by atoms with Crippen LogP contribution in [0.1, 0.15) is 29.9 Å². The highest BCUT2D eigenvalue weighted by Crippen LogP contribution is 2.30. The van der Waals surface area contributed by atoms with Crippen LogP contribution in [-0.2, 0) is 6.42 Å². The Morgan fingerprint density at radius 1 is 1.08 bits per heavy atom. The van der Waals surface area contributed by atoms with Crippen molar-refractivity contribution in [3.63, 3.8) is 0 Å². The van der Waals surface area contributed by atoms with Crippen molar-refractivity contribution in [3.8, 4) is 11.3 Å². The first-order valence-corrected chi connectivity index (χ1v) is 8.34. The van der Waals surface area contributed by atoms with Gasteiger partial charge in [-0.1, -0.05) is 54.6 Å². The van der Waals surface area contributed by atoms with Gasteiger partial charge in [0, 0.05) is 17.7 Å². The number of benzene rings is 2. The summed E-state index contributed by atoms with van der Waals surface area (Å²) >= 11 is 0. The first-order valence-electron chi connectivity index (χ1n) is 8.34. The Kier molecular flexibility index (Phi) is 3.87. The average Bonchev–Trinajstić information content (AvgIpc) is 3.01. The monoisotopic (exact) mass is 316 g/mol. The van der Waals surface area contributed by atoms with Gasteiger partial charge in [0.15, 0.2) is 0 Å². The Labute approximate surface area is 141 Å². The van der Waals surface area contributed by atoms with Crippen molar-refractivity contribution >= 4 is 12.2 Å². The van der Waals surface area contributed by atoms with E-state index < -0.39 is 0 Å².